The van der Waals surface area contributed by atoms with Crippen molar-refractivity contribution in [2.75, 3.05) is 187 Å². The third kappa shape index (κ3) is 31.5. The van der Waals surface area contributed by atoms with E-state index in [4.69, 9.17) is 93.2 Å². The van der Waals surface area contributed by atoms with Gasteiger partial charge in [-0.3, -0.25) is 19.6 Å². The number of benzene rings is 3. The van der Waals surface area contributed by atoms with Crippen LogP contribution in [0.1, 0.15) is 182 Å². The molecule has 32 nitrogen and oxygen atoms in total. The molecule has 139 heavy (non-hydrogen) atoms. The Bertz CT molecular complexity index is 5650. The van der Waals surface area contributed by atoms with Gasteiger partial charge in [0.15, 0.2) is 55.1 Å². The average Bonchev–Trinajstić information content (AvgIpc) is 1.70. The topological polar surface area (TPSA) is 431 Å². The summed E-state index contributed by atoms with van der Waals surface area (Å²) in [5.74, 6) is 7.83. The van der Waals surface area contributed by atoms with Crippen LogP contribution in [0, 0.1) is 13.8 Å². The summed E-state index contributed by atoms with van der Waals surface area (Å²) in [5.41, 5.74) is 50.2. The van der Waals surface area contributed by atoms with Crippen LogP contribution in [0.25, 0.3) is 42.3 Å². The van der Waals surface area contributed by atoms with E-state index in [2.05, 4.69) is 132 Å². The number of piperazine rings is 1. The van der Waals surface area contributed by atoms with Crippen molar-refractivity contribution in [2.24, 2.45) is 0 Å². The van der Waals surface area contributed by atoms with Crippen molar-refractivity contribution >= 4 is 133 Å². The molecule has 0 amide bonds. The molecule has 4 saturated heterocycles. The Balaban J connectivity index is 0.000000157. The first-order chi connectivity index (χ1) is 67.3. The molecule has 16 rings (SSSR count). The van der Waals surface area contributed by atoms with Gasteiger partial charge < -0.3 is 78.2 Å². The molecule has 3 aromatic carbocycles. The number of thioether (sulfide) groups is 4. The van der Waals surface area contributed by atoms with E-state index in [1.165, 1.54) is 113 Å². The predicted octanol–water partition coefficient (Wildman–Crippen LogP) is 19.2. The smallest absolute Gasteiger partial charge is 0.213 e. The highest BCUT2D eigenvalue weighted by Crippen LogP contribution is 2.47. The van der Waals surface area contributed by atoms with Crippen molar-refractivity contribution < 1.29 is 33.2 Å². The van der Waals surface area contributed by atoms with E-state index >= 15 is 0 Å². The zero-order valence-electron chi connectivity index (χ0n) is 82.2. The zero-order valence-corrected chi connectivity index (χ0v) is 88.7. The van der Waals surface area contributed by atoms with Crippen LogP contribution < -0.4 is 73.3 Å². The molecule has 14 N–H and O–H groups in total. The molecule has 4 atom stereocenters. The number of likely N-dealkylation sites (N-methyl/N-ethyl adjacent to an activating group) is 1. The maximum Gasteiger partial charge on any atom is 0.213 e. The molecule has 0 bridgehead atoms. The Morgan fingerprint density at radius 3 is 0.978 bits per heavy atom. The number of nitrogen functional groups attached to an aromatic ring is 7. The Morgan fingerprint density at radius 1 is 0.331 bits per heavy atom. The molecule has 0 spiro atoms. The fourth-order valence-corrected chi connectivity index (χ4v) is 25.0. The van der Waals surface area contributed by atoms with Crippen molar-refractivity contribution in [3.05, 3.63) is 145 Å². The van der Waals surface area contributed by atoms with E-state index in [1.807, 2.05) is 73.7 Å². The van der Waals surface area contributed by atoms with E-state index < -0.39 is 0 Å². The number of piperidine rings is 2. The van der Waals surface area contributed by atoms with Gasteiger partial charge in [0.25, 0.3) is 0 Å². The molecule has 40 heteroatoms. The SMILES string of the molecule is CCCc1sc(-c2ccc(OC)c(OCCN3CCCCC3)c2)nc1[C@@H](C)Sc1nc(N)cc(N)n1.CCCc1sc(-c2ccc(OC)c(OCCN3CCCCC3)c2)nc1[C@@H](C)Sc1nc(N)cc(N)n1.CCCc1sc(-c2ccc(OC)c(OCCN3CCN(C)CC3)c2)nc1[C@@H](C)Sc1nc(N)cc(N)n1.Cc1cc(N)nc(S[C@H](C)c2nc(-c3ccnc(OCCN4CCC4)c3)sc2C)n1. The van der Waals surface area contributed by atoms with E-state index in [0.29, 0.717) is 93.7 Å². The number of nitrogens with zero attached hydrogens (tertiary/aromatic N) is 18. The molecule has 0 radical (unpaired) electrons. The van der Waals surface area contributed by atoms with E-state index in [1.54, 1.807) is 109 Å². The van der Waals surface area contributed by atoms with Crippen LogP contribution in [0.15, 0.2) is 118 Å². The van der Waals surface area contributed by atoms with Gasteiger partial charge in [-0.15, -0.1) is 45.3 Å². The zero-order chi connectivity index (χ0) is 98.4. The Morgan fingerprint density at radius 2 is 0.640 bits per heavy atom. The number of rotatable bonds is 41. The normalized spacial score (nSPS) is 15.2. The number of nitrogens with two attached hydrogens (primary N) is 7. The fraction of sp³-hybridized carbons (Fsp3) is 0.485. The molecule has 0 aliphatic carbocycles. The minimum Gasteiger partial charge on any atom is -0.493 e. The number of pyridine rings is 1. The lowest BCUT2D eigenvalue weighted by Crippen LogP contribution is -2.45. The monoisotopic (exact) mass is 2040 g/mol. The molecular formula is C99H135N25O7S8. The molecule has 0 saturated carbocycles. The average molecular weight is 2040 g/mol. The minimum atomic E-state index is 0.0466. The molecule has 746 valence electrons. The summed E-state index contributed by atoms with van der Waals surface area (Å²) in [6, 6.07) is 28.6. The highest BCUT2D eigenvalue weighted by Gasteiger charge is 2.28. The first-order valence-corrected chi connectivity index (χ1v) is 54.6. The summed E-state index contributed by atoms with van der Waals surface area (Å²) in [7, 11) is 7.20. The predicted molar refractivity (Wildman–Crippen MR) is 573 cm³/mol. The number of ether oxygens (including phenoxy) is 7. The number of aromatic nitrogens is 13. The Labute approximate surface area is 850 Å². The van der Waals surface area contributed by atoms with Crippen LogP contribution in [0.5, 0.6) is 40.4 Å². The van der Waals surface area contributed by atoms with Gasteiger partial charge >= 0.3 is 0 Å². The van der Waals surface area contributed by atoms with Gasteiger partial charge in [0, 0.05) is 136 Å². The number of aryl methyl sites for hydroxylation is 5. The van der Waals surface area contributed by atoms with E-state index in [-0.39, 0.29) is 21.0 Å². The fourth-order valence-electron chi connectivity index (χ4n) is 16.1. The second kappa shape index (κ2) is 53.2. The number of thiazole rings is 4. The number of anilines is 7. The van der Waals surface area contributed by atoms with Crippen molar-refractivity contribution in [3.63, 3.8) is 0 Å². The van der Waals surface area contributed by atoms with Crippen LogP contribution in [0.4, 0.5) is 40.7 Å². The quantitative estimate of drug-likeness (QED) is 0.0138. The van der Waals surface area contributed by atoms with Gasteiger partial charge in [0.1, 0.15) is 87.2 Å². The number of likely N-dealkylation sites (tertiary alicyclic amines) is 3. The summed E-state index contributed by atoms with van der Waals surface area (Å²) in [6.45, 7) is 36.6. The van der Waals surface area contributed by atoms with Gasteiger partial charge in [-0.05, 0) is 200 Å². The Kier molecular flexibility index (Phi) is 40.7. The number of hydrogen-bond donors (Lipinski definition) is 7. The van der Waals surface area contributed by atoms with Crippen molar-refractivity contribution in [1.82, 2.24) is 89.3 Å². The molecule has 4 aliphatic rings. The third-order valence-electron chi connectivity index (χ3n) is 23.5. The third-order valence-corrected chi connectivity index (χ3v) is 32.0. The molecule has 13 heterocycles. The minimum absolute atomic E-state index is 0.0466. The lowest BCUT2D eigenvalue weighted by atomic mass is 10.1. The molecule has 0 unspecified atom stereocenters. The van der Waals surface area contributed by atoms with E-state index in [0.717, 1.165) is 222 Å². The molecule has 9 aromatic heterocycles. The molecule has 4 aliphatic heterocycles. The van der Waals surface area contributed by atoms with Crippen LogP contribution >= 0.6 is 92.4 Å². The molecule has 4 fully saturated rings. The standard InChI is InChI=1S/C26H37N7O2S2.2C26H36N6O2S2.C21H26N6OS2/c1-5-6-21-24(17(2)36-26-29-22(27)16-23(28)30-26)31-25(37-21)18-7-8-19(34-4)20(15-18)35-14-13-33-11-9-32(3)10-12-33;2*1-4-8-21-24(17(2)35-26-29-22(27)16-23(28)30-26)31-25(36-21)18-9-10-19(33-3)20(15-18)34-14-13-32-11-6-5-7-12-32;1-13-11-17(22)25-21(24-13)30-15(3)19-14(2)29-20(26-19)16-5-6-23-18(12-16)28-10-9-27-7-4-8-27/h7-8,15-17H,5-6,9-14H2,1-4H3,(H4,27,28,29,30);2*9-10,15-17H,4-8,11-14H2,1-3H3,(H4,27,28,29,30);5-6,11-12,15H,4,7-10H2,1-3H3,(H2,22,24,25)/t3*17-;15-/m1111/s1. The second-order valence-electron chi connectivity index (χ2n) is 34.5. The van der Waals surface area contributed by atoms with Crippen LogP contribution in [0.2, 0.25) is 0 Å². The lowest BCUT2D eigenvalue weighted by Gasteiger charge is -2.32. The van der Waals surface area contributed by atoms with Crippen molar-refractivity contribution in [3.8, 4) is 82.7 Å². The summed E-state index contributed by atoms with van der Waals surface area (Å²) in [5, 5.41) is 6.49. The molecule has 12 aromatic rings. The van der Waals surface area contributed by atoms with Crippen LogP contribution in [0.3, 0.4) is 0 Å². The van der Waals surface area contributed by atoms with Crippen molar-refractivity contribution in [2.45, 2.75) is 187 Å². The summed E-state index contributed by atoms with van der Waals surface area (Å²) >= 11 is 13.0. The van der Waals surface area contributed by atoms with E-state index in [9.17, 15) is 0 Å². The van der Waals surface area contributed by atoms with Crippen LogP contribution in [-0.2, 0) is 19.3 Å². The number of methoxy groups -OCH3 is 3. The summed E-state index contributed by atoms with van der Waals surface area (Å²) in [6.07, 6.45) is 16.9. The molecular weight excluding hydrogens is 1910 g/mol. The maximum absolute atomic E-state index is 6.21. The van der Waals surface area contributed by atoms with Crippen molar-refractivity contribution in [1.29, 1.82) is 0 Å². The number of hydrogen-bond acceptors (Lipinski definition) is 40. The summed E-state index contributed by atoms with van der Waals surface area (Å²) < 4.78 is 41.2. The summed E-state index contributed by atoms with van der Waals surface area (Å²) in [4.78, 5) is 76.3. The van der Waals surface area contributed by atoms with Gasteiger partial charge in [-0.2, -0.15) is 0 Å². The second-order valence-corrected chi connectivity index (χ2v) is 44.2. The van der Waals surface area contributed by atoms with Gasteiger partial charge in [-0.25, -0.2) is 64.8 Å². The highest BCUT2D eigenvalue weighted by molar-refractivity contribution is 8.00. The first kappa shape index (κ1) is 106. The first-order valence-electron chi connectivity index (χ1n) is 47.8. The van der Waals surface area contributed by atoms with Crippen LogP contribution in [-0.4, -0.2) is 236 Å². The largest absolute Gasteiger partial charge is 0.493 e. The maximum atomic E-state index is 6.21. The van der Waals surface area contributed by atoms with Gasteiger partial charge in [0.05, 0.1) is 65.1 Å². The Hall–Kier alpha value is -9.95. The van der Waals surface area contributed by atoms with Gasteiger partial charge in [-0.1, -0.05) is 99.9 Å². The van der Waals surface area contributed by atoms with Gasteiger partial charge in [0.2, 0.25) is 5.88 Å². The highest BCUT2D eigenvalue weighted by atomic mass is 32.2. The lowest BCUT2D eigenvalue weighted by molar-refractivity contribution is 0.133.